The molecule has 0 aliphatic carbocycles. The maximum Gasteiger partial charge on any atom is 0.193 e. The van der Waals surface area contributed by atoms with Crippen molar-refractivity contribution >= 4 is 16.3 Å². The zero-order valence-corrected chi connectivity index (χ0v) is 11.1. The van der Waals surface area contributed by atoms with E-state index in [0.29, 0.717) is 0 Å². The second-order valence-corrected chi connectivity index (χ2v) is 5.13. The fourth-order valence-electron chi connectivity index (χ4n) is 2.04. The van der Waals surface area contributed by atoms with Gasteiger partial charge in [-0.05, 0) is 6.42 Å². The molecule has 2 atom stereocenters. The summed E-state index contributed by atoms with van der Waals surface area (Å²) < 4.78 is 7.46. The number of rotatable bonds is 6. The number of aromatic nitrogens is 2. The van der Waals surface area contributed by atoms with Crippen molar-refractivity contribution in [1.29, 1.82) is 0 Å². The van der Waals surface area contributed by atoms with Crippen LogP contribution < -0.4 is 5.73 Å². The lowest BCUT2D eigenvalue weighted by Crippen LogP contribution is -2.38. The predicted octanol–water partition coefficient (Wildman–Crippen LogP) is 2.08. The van der Waals surface area contributed by atoms with Crippen LogP contribution in [0.5, 0.6) is 0 Å². The van der Waals surface area contributed by atoms with Gasteiger partial charge in [0, 0.05) is 37.3 Å². The van der Waals surface area contributed by atoms with Crippen LogP contribution in [0, 0.1) is 0 Å². The Morgan fingerprint density at radius 3 is 3.06 bits per heavy atom. The van der Waals surface area contributed by atoms with Crippen LogP contribution in [0.1, 0.15) is 25.5 Å². The zero-order chi connectivity index (χ0) is 12.3. The summed E-state index contributed by atoms with van der Waals surface area (Å²) in [6, 6.07) is 0.0181. The molecule has 0 aromatic carbocycles. The average Bonchev–Trinajstić information content (AvgIpc) is 2.85. The summed E-state index contributed by atoms with van der Waals surface area (Å²) in [6.07, 6.45) is 7.04. The molecule has 94 valence electrons. The maximum absolute atomic E-state index is 6.17. The van der Waals surface area contributed by atoms with Crippen LogP contribution in [0.4, 0.5) is 0 Å². The van der Waals surface area contributed by atoms with E-state index in [1.165, 1.54) is 0 Å². The molecular formula is C12H19N3OS. The first-order chi connectivity index (χ1) is 8.24. The molecule has 2 unspecified atom stereocenters. The number of methoxy groups -OCH3 is 1. The van der Waals surface area contributed by atoms with Gasteiger partial charge in [0.25, 0.3) is 0 Å². The minimum atomic E-state index is 0.0181. The van der Waals surface area contributed by atoms with Gasteiger partial charge in [0.2, 0.25) is 0 Å². The van der Waals surface area contributed by atoms with Crippen LogP contribution >= 0.6 is 11.3 Å². The summed E-state index contributed by atoms with van der Waals surface area (Å²) in [5.41, 5.74) is 7.21. The van der Waals surface area contributed by atoms with Crippen LogP contribution in [0.25, 0.3) is 4.96 Å². The molecule has 0 aliphatic heterocycles. The molecule has 0 radical (unpaired) electrons. The van der Waals surface area contributed by atoms with E-state index >= 15 is 0 Å². The Kier molecular flexibility index (Phi) is 4.15. The molecule has 0 fully saturated rings. The van der Waals surface area contributed by atoms with E-state index in [0.717, 1.165) is 29.9 Å². The first-order valence-electron chi connectivity index (χ1n) is 5.94. The summed E-state index contributed by atoms with van der Waals surface area (Å²) in [5.74, 6) is 0. The molecule has 0 amide bonds. The van der Waals surface area contributed by atoms with E-state index in [4.69, 9.17) is 10.5 Å². The first kappa shape index (κ1) is 12.5. The first-order valence-corrected chi connectivity index (χ1v) is 6.82. The summed E-state index contributed by atoms with van der Waals surface area (Å²) in [7, 11) is 1.73. The summed E-state index contributed by atoms with van der Waals surface area (Å²) in [6.45, 7) is 2.14. The molecule has 0 spiro atoms. The standard InChI is InChI=1S/C12H19N3OS/c1-3-4-11(16-2)10(13)7-9-8-15-5-6-17-12(15)14-9/h5-6,8,10-11H,3-4,7,13H2,1-2H3. The largest absolute Gasteiger partial charge is 0.380 e. The highest BCUT2D eigenvalue weighted by molar-refractivity contribution is 7.15. The van der Waals surface area contributed by atoms with Crippen molar-refractivity contribution in [3.05, 3.63) is 23.5 Å². The lowest BCUT2D eigenvalue weighted by Gasteiger charge is -2.21. The van der Waals surface area contributed by atoms with Gasteiger partial charge in [-0.25, -0.2) is 4.98 Å². The van der Waals surface area contributed by atoms with Gasteiger partial charge in [-0.2, -0.15) is 0 Å². The molecule has 5 heteroatoms. The summed E-state index contributed by atoms with van der Waals surface area (Å²) in [4.78, 5) is 5.56. The average molecular weight is 253 g/mol. The van der Waals surface area contributed by atoms with Crippen LogP contribution in [0.2, 0.25) is 0 Å². The second-order valence-electron chi connectivity index (χ2n) is 4.26. The van der Waals surface area contributed by atoms with Gasteiger partial charge < -0.3 is 10.5 Å². The van der Waals surface area contributed by atoms with Gasteiger partial charge in [0.1, 0.15) is 0 Å². The Balaban J connectivity index is 2.02. The van der Waals surface area contributed by atoms with Crippen LogP contribution in [-0.2, 0) is 11.2 Å². The highest BCUT2D eigenvalue weighted by Crippen LogP contribution is 2.14. The van der Waals surface area contributed by atoms with E-state index in [9.17, 15) is 0 Å². The van der Waals surface area contributed by atoms with Crippen LogP contribution in [-0.4, -0.2) is 28.6 Å². The quantitative estimate of drug-likeness (QED) is 0.857. The Hall–Kier alpha value is -0.910. The molecule has 0 bridgehead atoms. The Morgan fingerprint density at radius 1 is 1.59 bits per heavy atom. The van der Waals surface area contributed by atoms with E-state index < -0.39 is 0 Å². The van der Waals surface area contributed by atoms with Gasteiger partial charge in [-0.1, -0.05) is 13.3 Å². The molecule has 17 heavy (non-hydrogen) atoms. The van der Waals surface area contributed by atoms with Crippen LogP contribution in [0.15, 0.2) is 17.8 Å². The molecule has 2 aromatic rings. The van der Waals surface area contributed by atoms with E-state index in [2.05, 4.69) is 11.9 Å². The number of imidazole rings is 1. The van der Waals surface area contributed by atoms with Crippen molar-refractivity contribution in [2.45, 2.75) is 38.3 Å². The second kappa shape index (κ2) is 5.62. The van der Waals surface area contributed by atoms with E-state index in [1.54, 1.807) is 18.4 Å². The topological polar surface area (TPSA) is 52.5 Å². The molecule has 2 rings (SSSR count). The molecule has 2 N–H and O–H groups in total. The molecule has 2 aromatic heterocycles. The van der Waals surface area contributed by atoms with Crippen molar-refractivity contribution < 1.29 is 4.74 Å². The van der Waals surface area contributed by atoms with Gasteiger partial charge >= 0.3 is 0 Å². The monoisotopic (exact) mass is 253 g/mol. The third-order valence-electron chi connectivity index (χ3n) is 2.94. The molecule has 0 saturated heterocycles. The number of nitrogens with two attached hydrogens (primary N) is 1. The van der Waals surface area contributed by atoms with Gasteiger partial charge in [-0.3, -0.25) is 4.40 Å². The molecule has 4 nitrogen and oxygen atoms in total. The highest BCUT2D eigenvalue weighted by Gasteiger charge is 2.18. The smallest absolute Gasteiger partial charge is 0.193 e. The Bertz CT molecular complexity index is 436. The van der Waals surface area contributed by atoms with E-state index in [-0.39, 0.29) is 12.1 Å². The number of thiazole rings is 1. The van der Waals surface area contributed by atoms with Gasteiger partial charge in [-0.15, -0.1) is 11.3 Å². The molecule has 0 saturated carbocycles. The minimum Gasteiger partial charge on any atom is -0.380 e. The van der Waals surface area contributed by atoms with Crippen molar-refractivity contribution in [3.63, 3.8) is 0 Å². The lowest BCUT2D eigenvalue weighted by atomic mass is 10.0. The number of hydrogen-bond donors (Lipinski definition) is 1. The molecule has 2 heterocycles. The molecular weight excluding hydrogens is 234 g/mol. The Labute approximate surface area is 105 Å². The Morgan fingerprint density at radius 2 is 2.41 bits per heavy atom. The third-order valence-corrected chi connectivity index (χ3v) is 3.71. The number of hydrogen-bond acceptors (Lipinski definition) is 4. The summed E-state index contributed by atoms with van der Waals surface area (Å²) in [5, 5.41) is 2.03. The summed E-state index contributed by atoms with van der Waals surface area (Å²) >= 11 is 1.64. The predicted molar refractivity (Wildman–Crippen MR) is 70.5 cm³/mol. The van der Waals surface area contributed by atoms with Crippen LogP contribution in [0.3, 0.4) is 0 Å². The van der Waals surface area contributed by atoms with E-state index in [1.807, 2.05) is 22.2 Å². The van der Waals surface area contributed by atoms with Crippen molar-refractivity contribution in [2.24, 2.45) is 5.73 Å². The number of ether oxygens (including phenoxy) is 1. The fraction of sp³-hybridized carbons (Fsp3) is 0.583. The minimum absolute atomic E-state index is 0.0181. The third kappa shape index (κ3) is 2.86. The van der Waals surface area contributed by atoms with Gasteiger partial charge in [0.15, 0.2) is 4.96 Å². The van der Waals surface area contributed by atoms with Crippen molar-refractivity contribution in [3.8, 4) is 0 Å². The normalized spacial score (nSPS) is 15.2. The maximum atomic E-state index is 6.17. The van der Waals surface area contributed by atoms with Gasteiger partial charge in [0.05, 0.1) is 11.8 Å². The van der Waals surface area contributed by atoms with Crippen molar-refractivity contribution in [1.82, 2.24) is 9.38 Å². The molecule has 0 aliphatic rings. The van der Waals surface area contributed by atoms with Crippen molar-refractivity contribution in [2.75, 3.05) is 7.11 Å². The SMILES string of the molecule is CCCC(OC)C(N)Cc1cn2ccsc2n1. The number of fused-ring (bicyclic) bond motifs is 1. The highest BCUT2D eigenvalue weighted by atomic mass is 32.1. The zero-order valence-electron chi connectivity index (χ0n) is 10.3. The lowest BCUT2D eigenvalue weighted by molar-refractivity contribution is 0.0724. The fourth-order valence-corrected chi connectivity index (χ4v) is 2.76. The number of nitrogens with zero attached hydrogens (tertiary/aromatic N) is 2.